The Bertz CT molecular complexity index is 326. The van der Waals surface area contributed by atoms with Gasteiger partial charge in [0.05, 0.1) is 6.10 Å². The Morgan fingerprint density at radius 2 is 2.35 bits per heavy atom. The fourth-order valence-corrected chi connectivity index (χ4v) is 2.91. The van der Waals surface area contributed by atoms with Gasteiger partial charge in [0.15, 0.2) is 0 Å². The summed E-state index contributed by atoms with van der Waals surface area (Å²) in [6.07, 6.45) is 7.12. The lowest BCUT2D eigenvalue weighted by molar-refractivity contribution is -0.120. The first-order chi connectivity index (χ1) is 8.34. The van der Waals surface area contributed by atoms with E-state index < -0.39 is 0 Å². The number of carbonyl (C=O) groups excluding carboxylic acids is 1. The van der Waals surface area contributed by atoms with E-state index in [2.05, 4.69) is 11.4 Å². The molecule has 2 nitrogen and oxygen atoms in total. The molecule has 0 bridgehead atoms. The predicted octanol–water partition coefficient (Wildman–Crippen LogP) is 3.60. The van der Waals surface area contributed by atoms with Crippen LogP contribution in [0.2, 0.25) is 0 Å². The van der Waals surface area contributed by atoms with E-state index in [9.17, 15) is 4.79 Å². The second-order valence-electron chi connectivity index (χ2n) is 4.65. The van der Waals surface area contributed by atoms with Crippen LogP contribution < -0.4 is 0 Å². The predicted molar refractivity (Wildman–Crippen MR) is 70.5 cm³/mol. The average molecular weight is 252 g/mol. The number of hydrogen-bond donors (Lipinski definition) is 0. The molecule has 2 rings (SSSR count). The molecular formula is C14H20O2S. The van der Waals surface area contributed by atoms with Crippen LogP contribution in [0.25, 0.3) is 0 Å². The molecule has 0 aromatic carbocycles. The van der Waals surface area contributed by atoms with E-state index in [1.807, 2.05) is 6.07 Å². The third kappa shape index (κ3) is 4.60. The van der Waals surface area contributed by atoms with Gasteiger partial charge in [-0.15, -0.1) is 11.3 Å². The molecule has 0 amide bonds. The van der Waals surface area contributed by atoms with Crippen molar-refractivity contribution < 1.29 is 9.53 Å². The Morgan fingerprint density at radius 3 is 3.06 bits per heavy atom. The molecule has 0 radical (unpaired) electrons. The summed E-state index contributed by atoms with van der Waals surface area (Å²) in [7, 11) is 0. The maximum absolute atomic E-state index is 11.7. The maximum atomic E-state index is 11.7. The van der Waals surface area contributed by atoms with Gasteiger partial charge in [-0.3, -0.25) is 4.79 Å². The van der Waals surface area contributed by atoms with Crippen molar-refractivity contribution in [1.82, 2.24) is 0 Å². The number of ketones is 1. The van der Waals surface area contributed by atoms with E-state index in [1.54, 1.807) is 11.3 Å². The second-order valence-corrected chi connectivity index (χ2v) is 5.68. The lowest BCUT2D eigenvalue weighted by Crippen LogP contribution is -2.20. The normalized spacial score (nSPS) is 20.4. The first-order valence-corrected chi connectivity index (χ1v) is 7.38. The lowest BCUT2D eigenvalue weighted by atomic mass is 10.0. The standard InChI is InChI=1S/C14H20O2S/c15-12(7-9-14-5-3-11-17-14)6-8-13-4-1-2-10-16-13/h3,5,11,13H,1-2,4,6-10H2. The van der Waals surface area contributed by atoms with Gasteiger partial charge in [0.25, 0.3) is 0 Å². The minimum absolute atomic E-state index is 0.342. The second kappa shape index (κ2) is 6.92. The van der Waals surface area contributed by atoms with Crippen molar-refractivity contribution in [3.05, 3.63) is 22.4 Å². The highest BCUT2D eigenvalue weighted by Gasteiger charge is 2.15. The van der Waals surface area contributed by atoms with Gasteiger partial charge < -0.3 is 4.74 Å². The molecule has 1 aromatic heterocycles. The van der Waals surface area contributed by atoms with Crippen LogP contribution >= 0.6 is 11.3 Å². The SMILES string of the molecule is O=C(CCc1cccs1)CCC1CCCCO1. The molecule has 1 unspecified atom stereocenters. The fourth-order valence-electron chi connectivity index (χ4n) is 2.20. The van der Waals surface area contributed by atoms with Crippen molar-refractivity contribution in [1.29, 1.82) is 0 Å². The summed E-state index contributed by atoms with van der Waals surface area (Å²) < 4.78 is 5.63. The van der Waals surface area contributed by atoms with Gasteiger partial charge >= 0.3 is 0 Å². The molecule has 17 heavy (non-hydrogen) atoms. The summed E-state index contributed by atoms with van der Waals surface area (Å²) in [5.41, 5.74) is 0. The minimum atomic E-state index is 0.342. The number of carbonyl (C=O) groups is 1. The molecule has 1 atom stereocenters. The van der Waals surface area contributed by atoms with Crippen LogP contribution in [0.3, 0.4) is 0 Å². The lowest BCUT2D eigenvalue weighted by Gasteiger charge is -2.22. The minimum Gasteiger partial charge on any atom is -0.378 e. The number of Topliss-reactive ketones (excluding diaryl/α,β-unsaturated/α-hetero) is 1. The number of thiophene rings is 1. The smallest absolute Gasteiger partial charge is 0.133 e. The quantitative estimate of drug-likeness (QED) is 0.773. The molecule has 1 aromatic rings. The van der Waals surface area contributed by atoms with Gasteiger partial charge in [0.2, 0.25) is 0 Å². The number of aryl methyl sites for hydroxylation is 1. The van der Waals surface area contributed by atoms with Gasteiger partial charge in [-0.2, -0.15) is 0 Å². The first kappa shape index (κ1) is 12.8. The highest BCUT2D eigenvalue weighted by atomic mass is 32.1. The van der Waals surface area contributed by atoms with Gasteiger partial charge in [-0.25, -0.2) is 0 Å². The van der Waals surface area contributed by atoms with E-state index >= 15 is 0 Å². The van der Waals surface area contributed by atoms with E-state index in [0.29, 0.717) is 24.7 Å². The van der Waals surface area contributed by atoms with Crippen molar-refractivity contribution in [3.8, 4) is 0 Å². The van der Waals surface area contributed by atoms with E-state index in [0.717, 1.165) is 25.9 Å². The average Bonchev–Trinajstić information content (AvgIpc) is 2.88. The first-order valence-electron chi connectivity index (χ1n) is 6.50. The molecule has 3 heteroatoms. The van der Waals surface area contributed by atoms with Crippen molar-refractivity contribution >= 4 is 17.1 Å². The number of rotatable bonds is 6. The highest BCUT2D eigenvalue weighted by Crippen LogP contribution is 2.18. The molecular weight excluding hydrogens is 232 g/mol. The summed E-state index contributed by atoms with van der Waals surface area (Å²) in [5.74, 6) is 0.382. The Hall–Kier alpha value is -0.670. The zero-order valence-electron chi connectivity index (χ0n) is 10.2. The van der Waals surface area contributed by atoms with Gasteiger partial charge in [0.1, 0.15) is 5.78 Å². The monoisotopic (exact) mass is 252 g/mol. The zero-order chi connectivity index (χ0) is 11.9. The largest absolute Gasteiger partial charge is 0.378 e. The summed E-state index contributed by atoms with van der Waals surface area (Å²) >= 11 is 1.73. The molecule has 1 aliphatic heterocycles. The van der Waals surface area contributed by atoms with Crippen molar-refractivity contribution in [2.75, 3.05) is 6.61 Å². The molecule has 0 saturated carbocycles. The molecule has 0 N–H and O–H groups in total. The number of ether oxygens (including phenoxy) is 1. The van der Waals surface area contributed by atoms with Crippen LogP contribution in [0.5, 0.6) is 0 Å². The van der Waals surface area contributed by atoms with Crippen LogP contribution in [0, 0.1) is 0 Å². The van der Waals surface area contributed by atoms with Crippen LogP contribution in [0.4, 0.5) is 0 Å². The topological polar surface area (TPSA) is 26.3 Å². The zero-order valence-corrected chi connectivity index (χ0v) is 11.0. The van der Waals surface area contributed by atoms with Crippen molar-refractivity contribution in [2.24, 2.45) is 0 Å². The van der Waals surface area contributed by atoms with Crippen LogP contribution in [-0.4, -0.2) is 18.5 Å². The summed E-state index contributed by atoms with van der Waals surface area (Å²) in [4.78, 5) is 13.0. The van der Waals surface area contributed by atoms with Crippen LogP contribution in [0.15, 0.2) is 17.5 Å². The molecule has 1 aliphatic rings. The van der Waals surface area contributed by atoms with Crippen molar-refractivity contribution in [3.63, 3.8) is 0 Å². The molecule has 94 valence electrons. The van der Waals surface area contributed by atoms with Gasteiger partial charge in [-0.1, -0.05) is 6.07 Å². The third-order valence-electron chi connectivity index (χ3n) is 3.25. The molecule has 0 spiro atoms. The summed E-state index contributed by atoms with van der Waals surface area (Å²) in [5, 5.41) is 2.07. The van der Waals surface area contributed by atoms with E-state index in [1.165, 1.54) is 17.7 Å². The summed E-state index contributed by atoms with van der Waals surface area (Å²) in [6.45, 7) is 0.883. The van der Waals surface area contributed by atoms with Crippen LogP contribution in [-0.2, 0) is 16.0 Å². The summed E-state index contributed by atoms with van der Waals surface area (Å²) in [6, 6.07) is 4.14. The van der Waals surface area contributed by atoms with Gasteiger partial charge in [0, 0.05) is 24.3 Å². The Kier molecular flexibility index (Phi) is 5.20. The van der Waals surface area contributed by atoms with Gasteiger partial charge in [-0.05, 0) is 43.6 Å². The Balaban J connectivity index is 1.60. The van der Waals surface area contributed by atoms with E-state index in [4.69, 9.17) is 4.74 Å². The number of hydrogen-bond acceptors (Lipinski definition) is 3. The third-order valence-corrected chi connectivity index (χ3v) is 4.19. The Labute approximate surface area is 107 Å². The fraction of sp³-hybridized carbons (Fsp3) is 0.643. The van der Waals surface area contributed by atoms with Crippen molar-refractivity contribution in [2.45, 2.75) is 51.0 Å². The molecule has 1 saturated heterocycles. The van der Waals surface area contributed by atoms with Crippen LogP contribution in [0.1, 0.15) is 43.4 Å². The Morgan fingerprint density at radius 1 is 1.41 bits per heavy atom. The molecule has 1 fully saturated rings. The van der Waals surface area contributed by atoms with E-state index in [-0.39, 0.29) is 0 Å². The molecule has 0 aliphatic carbocycles. The highest BCUT2D eigenvalue weighted by molar-refractivity contribution is 7.09. The molecule has 2 heterocycles. The maximum Gasteiger partial charge on any atom is 0.133 e.